The quantitative estimate of drug-likeness (QED) is 0.895. The van der Waals surface area contributed by atoms with Gasteiger partial charge in [0.05, 0.1) is 17.9 Å². The van der Waals surface area contributed by atoms with Crippen molar-refractivity contribution in [2.75, 3.05) is 29.9 Å². The third-order valence-corrected chi connectivity index (χ3v) is 4.35. The molecule has 5 nitrogen and oxygen atoms in total. The highest BCUT2D eigenvalue weighted by atomic mass is 16.2. The first-order valence-electron chi connectivity index (χ1n) is 8.08. The van der Waals surface area contributed by atoms with Crippen LogP contribution in [0.15, 0.2) is 18.3 Å². The number of hydrogen-bond donors (Lipinski definition) is 2. The summed E-state index contributed by atoms with van der Waals surface area (Å²) < 4.78 is 0. The molecule has 0 saturated carbocycles. The van der Waals surface area contributed by atoms with Gasteiger partial charge in [-0.2, -0.15) is 0 Å². The lowest BCUT2D eigenvalue weighted by Gasteiger charge is -2.28. The average molecular weight is 288 g/mol. The standard InChI is InChI=1S/C16H24N4O/c21-16(14-6-2-3-9-17-14)19-15-8-7-13(12-18-15)20-10-4-1-5-11-20/h7-8,12,14,17H,1-6,9-11H2,(H,18,19,21)/t14-/m1/s1. The van der Waals surface area contributed by atoms with Crippen molar-refractivity contribution in [1.29, 1.82) is 0 Å². The number of carbonyl (C=O) groups is 1. The van der Waals surface area contributed by atoms with Crippen molar-refractivity contribution in [1.82, 2.24) is 10.3 Å². The van der Waals surface area contributed by atoms with Crippen LogP contribution >= 0.6 is 0 Å². The molecule has 1 aromatic heterocycles. The first-order valence-corrected chi connectivity index (χ1v) is 8.08. The van der Waals surface area contributed by atoms with Crippen LogP contribution in [0, 0.1) is 0 Å². The molecule has 114 valence electrons. The van der Waals surface area contributed by atoms with Crippen LogP contribution in [0.4, 0.5) is 11.5 Å². The van der Waals surface area contributed by atoms with Gasteiger partial charge in [0.15, 0.2) is 0 Å². The molecule has 3 heterocycles. The molecule has 0 bridgehead atoms. The van der Waals surface area contributed by atoms with E-state index in [0.29, 0.717) is 5.82 Å². The summed E-state index contributed by atoms with van der Waals surface area (Å²) in [6.07, 6.45) is 8.90. The number of piperidine rings is 2. The van der Waals surface area contributed by atoms with Crippen molar-refractivity contribution in [3.05, 3.63) is 18.3 Å². The number of nitrogens with zero attached hydrogens (tertiary/aromatic N) is 2. The zero-order chi connectivity index (χ0) is 14.5. The predicted octanol–water partition coefficient (Wildman–Crippen LogP) is 2.15. The minimum absolute atomic E-state index is 0.0351. The van der Waals surface area contributed by atoms with Gasteiger partial charge in [-0.05, 0) is 50.8 Å². The number of nitrogens with one attached hydrogen (secondary N) is 2. The van der Waals surface area contributed by atoms with Crippen LogP contribution in [0.25, 0.3) is 0 Å². The highest BCUT2D eigenvalue weighted by Gasteiger charge is 2.20. The predicted molar refractivity (Wildman–Crippen MR) is 84.6 cm³/mol. The smallest absolute Gasteiger partial charge is 0.242 e. The molecule has 2 saturated heterocycles. The second-order valence-electron chi connectivity index (χ2n) is 5.94. The van der Waals surface area contributed by atoms with Crippen molar-refractivity contribution >= 4 is 17.4 Å². The van der Waals surface area contributed by atoms with Gasteiger partial charge < -0.3 is 15.5 Å². The molecule has 0 spiro atoms. The Morgan fingerprint density at radius 1 is 1.19 bits per heavy atom. The van der Waals surface area contributed by atoms with E-state index < -0.39 is 0 Å². The number of pyridine rings is 1. The zero-order valence-corrected chi connectivity index (χ0v) is 12.5. The minimum atomic E-state index is -0.0673. The molecule has 0 unspecified atom stereocenters. The van der Waals surface area contributed by atoms with Gasteiger partial charge in [-0.1, -0.05) is 6.42 Å². The molecule has 3 rings (SSSR count). The lowest BCUT2D eigenvalue weighted by atomic mass is 10.0. The monoisotopic (exact) mass is 288 g/mol. The lowest BCUT2D eigenvalue weighted by molar-refractivity contribution is -0.118. The number of hydrogen-bond acceptors (Lipinski definition) is 4. The SMILES string of the molecule is O=C(Nc1ccc(N2CCCCC2)cn1)[C@H]1CCCCN1. The molecular weight excluding hydrogens is 264 g/mol. The Hall–Kier alpha value is -1.62. The van der Waals surface area contributed by atoms with Crippen LogP contribution in [0.2, 0.25) is 0 Å². The van der Waals surface area contributed by atoms with E-state index in [2.05, 4.69) is 26.6 Å². The van der Waals surface area contributed by atoms with Crippen LogP contribution in [0.1, 0.15) is 38.5 Å². The van der Waals surface area contributed by atoms with Crippen LogP contribution < -0.4 is 15.5 Å². The summed E-state index contributed by atoms with van der Waals surface area (Å²) in [5, 5.41) is 6.16. The summed E-state index contributed by atoms with van der Waals surface area (Å²) in [7, 11) is 0. The van der Waals surface area contributed by atoms with E-state index in [4.69, 9.17) is 0 Å². The van der Waals surface area contributed by atoms with Gasteiger partial charge in [0.25, 0.3) is 0 Å². The number of rotatable bonds is 3. The van der Waals surface area contributed by atoms with Crippen LogP contribution in [-0.2, 0) is 4.79 Å². The van der Waals surface area contributed by atoms with Gasteiger partial charge in [-0.3, -0.25) is 4.79 Å². The number of amides is 1. The maximum absolute atomic E-state index is 12.1. The first kappa shape index (κ1) is 14.3. The van der Waals surface area contributed by atoms with Crippen molar-refractivity contribution in [3.63, 3.8) is 0 Å². The summed E-state index contributed by atoms with van der Waals surface area (Å²) in [6.45, 7) is 3.15. The summed E-state index contributed by atoms with van der Waals surface area (Å²) in [6, 6.07) is 3.90. The average Bonchev–Trinajstić information content (AvgIpc) is 2.57. The Kier molecular flexibility index (Phi) is 4.70. The van der Waals surface area contributed by atoms with Gasteiger partial charge in [0.1, 0.15) is 5.82 Å². The summed E-state index contributed by atoms with van der Waals surface area (Å²) in [5.41, 5.74) is 1.16. The maximum Gasteiger partial charge on any atom is 0.242 e. The van der Waals surface area contributed by atoms with Crippen molar-refractivity contribution in [2.24, 2.45) is 0 Å². The van der Waals surface area contributed by atoms with Gasteiger partial charge in [-0.15, -0.1) is 0 Å². The van der Waals surface area contributed by atoms with Crippen LogP contribution in [-0.4, -0.2) is 36.6 Å². The zero-order valence-electron chi connectivity index (χ0n) is 12.5. The molecule has 1 amide bonds. The van der Waals surface area contributed by atoms with Gasteiger partial charge in [-0.25, -0.2) is 4.98 Å². The molecule has 21 heavy (non-hydrogen) atoms. The van der Waals surface area contributed by atoms with Crippen molar-refractivity contribution < 1.29 is 4.79 Å². The molecule has 2 aliphatic rings. The molecule has 0 aromatic carbocycles. The Bertz CT molecular complexity index is 462. The molecule has 5 heteroatoms. The summed E-state index contributed by atoms with van der Waals surface area (Å²) in [4.78, 5) is 18.9. The first-order chi connectivity index (χ1) is 10.3. The highest BCUT2D eigenvalue weighted by Crippen LogP contribution is 2.20. The van der Waals surface area contributed by atoms with E-state index >= 15 is 0 Å². The Labute approximate surface area is 126 Å². The number of anilines is 2. The molecular formula is C16H24N4O. The fraction of sp³-hybridized carbons (Fsp3) is 0.625. The van der Waals surface area contributed by atoms with E-state index in [1.165, 1.54) is 19.3 Å². The van der Waals surface area contributed by atoms with Crippen LogP contribution in [0.5, 0.6) is 0 Å². The maximum atomic E-state index is 12.1. The molecule has 2 N–H and O–H groups in total. The number of aromatic nitrogens is 1. The van der Waals surface area contributed by atoms with Gasteiger partial charge >= 0.3 is 0 Å². The summed E-state index contributed by atoms with van der Waals surface area (Å²) >= 11 is 0. The minimum Gasteiger partial charge on any atom is -0.370 e. The van der Waals surface area contributed by atoms with E-state index in [1.807, 2.05) is 12.3 Å². The molecule has 2 aliphatic heterocycles. The van der Waals surface area contributed by atoms with Crippen LogP contribution in [0.3, 0.4) is 0 Å². The normalized spacial score (nSPS) is 22.9. The molecule has 0 radical (unpaired) electrons. The van der Waals surface area contributed by atoms with E-state index in [1.54, 1.807) is 0 Å². The van der Waals surface area contributed by atoms with Crippen molar-refractivity contribution in [3.8, 4) is 0 Å². The molecule has 1 atom stereocenters. The largest absolute Gasteiger partial charge is 0.370 e. The Morgan fingerprint density at radius 2 is 2.05 bits per heavy atom. The summed E-state index contributed by atoms with van der Waals surface area (Å²) in [5.74, 6) is 0.682. The fourth-order valence-corrected chi connectivity index (χ4v) is 3.09. The second-order valence-corrected chi connectivity index (χ2v) is 5.94. The van der Waals surface area contributed by atoms with Gasteiger partial charge in [0, 0.05) is 13.1 Å². The molecule has 1 aromatic rings. The van der Waals surface area contributed by atoms with Crippen molar-refractivity contribution in [2.45, 2.75) is 44.6 Å². The van der Waals surface area contributed by atoms with E-state index in [9.17, 15) is 4.79 Å². The Morgan fingerprint density at radius 3 is 2.71 bits per heavy atom. The van der Waals surface area contributed by atoms with Gasteiger partial charge in [0.2, 0.25) is 5.91 Å². The highest BCUT2D eigenvalue weighted by molar-refractivity contribution is 5.94. The second kappa shape index (κ2) is 6.89. The van der Waals surface area contributed by atoms with E-state index in [-0.39, 0.29) is 11.9 Å². The third-order valence-electron chi connectivity index (χ3n) is 4.35. The number of carbonyl (C=O) groups excluding carboxylic acids is 1. The Balaban J connectivity index is 1.57. The fourth-order valence-electron chi connectivity index (χ4n) is 3.09. The van der Waals surface area contributed by atoms with E-state index in [0.717, 1.165) is 44.6 Å². The lowest BCUT2D eigenvalue weighted by Crippen LogP contribution is -2.43. The molecule has 2 fully saturated rings. The third kappa shape index (κ3) is 3.73. The molecule has 0 aliphatic carbocycles. The topological polar surface area (TPSA) is 57.3 Å².